The first kappa shape index (κ1) is 14.5. The van der Waals surface area contributed by atoms with Gasteiger partial charge >= 0.3 is 5.97 Å². The zero-order chi connectivity index (χ0) is 14.7. The van der Waals surface area contributed by atoms with Crippen LogP contribution in [-0.2, 0) is 9.53 Å². The van der Waals surface area contributed by atoms with Gasteiger partial charge in [0.1, 0.15) is 11.9 Å². The first-order valence-electron chi connectivity index (χ1n) is 6.69. The molecule has 1 atom stereocenters. The highest BCUT2D eigenvalue weighted by Gasteiger charge is 2.34. The van der Waals surface area contributed by atoms with Crippen molar-refractivity contribution in [3.8, 4) is 0 Å². The summed E-state index contributed by atoms with van der Waals surface area (Å²) in [7, 11) is 1.30. The highest BCUT2D eigenvalue weighted by molar-refractivity contribution is 5.97. The molecule has 5 heteroatoms. The molecule has 20 heavy (non-hydrogen) atoms. The van der Waals surface area contributed by atoms with Crippen LogP contribution in [0, 0.1) is 12.7 Å². The number of carbonyl (C=O) groups is 2. The molecular weight excluding hydrogens is 261 g/mol. The maximum absolute atomic E-state index is 13.8. The Bertz CT molecular complexity index is 530. The molecule has 0 saturated carbocycles. The molecule has 1 saturated heterocycles. The average Bonchev–Trinajstić information content (AvgIpc) is 2.48. The monoisotopic (exact) mass is 279 g/mol. The summed E-state index contributed by atoms with van der Waals surface area (Å²) in [5.41, 5.74) is 0.821. The van der Waals surface area contributed by atoms with Gasteiger partial charge in [0.25, 0.3) is 5.91 Å². The quantitative estimate of drug-likeness (QED) is 0.780. The molecular formula is C15H18FNO3. The lowest BCUT2D eigenvalue weighted by molar-refractivity contribution is -0.147. The van der Waals surface area contributed by atoms with Gasteiger partial charge in [0.15, 0.2) is 0 Å². The van der Waals surface area contributed by atoms with Crippen LogP contribution >= 0.6 is 0 Å². The molecule has 0 spiro atoms. The van der Waals surface area contributed by atoms with Crippen molar-refractivity contribution in [3.05, 3.63) is 35.1 Å². The predicted molar refractivity (Wildman–Crippen MR) is 71.8 cm³/mol. The lowest BCUT2D eigenvalue weighted by Gasteiger charge is -2.33. The van der Waals surface area contributed by atoms with E-state index in [1.165, 1.54) is 24.1 Å². The molecule has 1 aromatic rings. The standard InChI is InChI=1S/C15H18FNO3/c1-10-6-7-12(16)11(9-10)14(18)17-8-4-3-5-13(17)15(19)20-2/h6-7,9,13H,3-5,8H2,1-2H3. The number of aryl methyl sites for hydroxylation is 1. The van der Waals surface area contributed by atoms with E-state index in [1.54, 1.807) is 13.0 Å². The first-order chi connectivity index (χ1) is 9.54. The summed E-state index contributed by atoms with van der Waals surface area (Å²) in [5, 5.41) is 0. The summed E-state index contributed by atoms with van der Waals surface area (Å²) in [6, 6.07) is 3.79. The minimum Gasteiger partial charge on any atom is -0.467 e. The smallest absolute Gasteiger partial charge is 0.328 e. The van der Waals surface area contributed by atoms with Gasteiger partial charge in [-0.1, -0.05) is 11.6 Å². The number of likely N-dealkylation sites (tertiary alicyclic amines) is 1. The van der Waals surface area contributed by atoms with Crippen LogP contribution in [0.4, 0.5) is 4.39 Å². The number of benzene rings is 1. The van der Waals surface area contributed by atoms with Gasteiger partial charge in [0.05, 0.1) is 12.7 Å². The van der Waals surface area contributed by atoms with E-state index in [1.807, 2.05) is 0 Å². The maximum Gasteiger partial charge on any atom is 0.328 e. The van der Waals surface area contributed by atoms with Crippen molar-refractivity contribution in [1.29, 1.82) is 0 Å². The average molecular weight is 279 g/mol. The van der Waals surface area contributed by atoms with Gasteiger partial charge in [-0.2, -0.15) is 0 Å². The van der Waals surface area contributed by atoms with Crippen LogP contribution in [0.2, 0.25) is 0 Å². The molecule has 2 rings (SSSR count). The van der Waals surface area contributed by atoms with Crippen molar-refractivity contribution in [2.75, 3.05) is 13.7 Å². The number of nitrogens with zero attached hydrogens (tertiary/aromatic N) is 1. The molecule has 108 valence electrons. The lowest BCUT2D eigenvalue weighted by atomic mass is 10.00. The second-order valence-electron chi connectivity index (χ2n) is 5.02. The molecule has 1 aliphatic heterocycles. The Morgan fingerprint density at radius 1 is 1.35 bits per heavy atom. The largest absolute Gasteiger partial charge is 0.467 e. The summed E-state index contributed by atoms with van der Waals surface area (Å²) in [6.45, 7) is 2.25. The lowest BCUT2D eigenvalue weighted by Crippen LogP contribution is -2.48. The SMILES string of the molecule is COC(=O)C1CCCCN1C(=O)c1cc(C)ccc1F. The van der Waals surface area contributed by atoms with Crippen molar-refractivity contribution >= 4 is 11.9 Å². The van der Waals surface area contributed by atoms with E-state index in [2.05, 4.69) is 0 Å². The molecule has 0 N–H and O–H groups in total. The number of piperidine rings is 1. The van der Waals surface area contributed by atoms with Crippen molar-refractivity contribution in [2.45, 2.75) is 32.2 Å². The minimum absolute atomic E-state index is 0.0146. The van der Waals surface area contributed by atoms with Gasteiger partial charge in [0.2, 0.25) is 0 Å². The Balaban J connectivity index is 2.30. The Morgan fingerprint density at radius 3 is 2.80 bits per heavy atom. The van der Waals surface area contributed by atoms with E-state index in [9.17, 15) is 14.0 Å². The minimum atomic E-state index is -0.610. The van der Waals surface area contributed by atoms with Gasteiger partial charge in [-0.15, -0.1) is 0 Å². The second-order valence-corrected chi connectivity index (χ2v) is 5.02. The molecule has 1 amide bonds. The Labute approximate surface area is 117 Å². The second kappa shape index (κ2) is 6.03. The molecule has 0 radical (unpaired) electrons. The fourth-order valence-electron chi connectivity index (χ4n) is 2.51. The fourth-order valence-corrected chi connectivity index (χ4v) is 2.51. The normalized spacial score (nSPS) is 18.8. The van der Waals surface area contributed by atoms with Crippen LogP contribution in [0.3, 0.4) is 0 Å². The molecule has 1 unspecified atom stereocenters. The highest BCUT2D eigenvalue weighted by Crippen LogP contribution is 2.22. The first-order valence-corrected chi connectivity index (χ1v) is 6.69. The van der Waals surface area contributed by atoms with Gasteiger partial charge in [-0.25, -0.2) is 9.18 Å². The Hall–Kier alpha value is -1.91. The molecule has 0 aliphatic carbocycles. The van der Waals surface area contributed by atoms with E-state index in [0.717, 1.165) is 18.4 Å². The van der Waals surface area contributed by atoms with E-state index >= 15 is 0 Å². The van der Waals surface area contributed by atoms with Crippen LogP contribution in [0.5, 0.6) is 0 Å². The van der Waals surface area contributed by atoms with Crippen LogP contribution in [-0.4, -0.2) is 36.5 Å². The molecule has 1 aliphatic rings. The highest BCUT2D eigenvalue weighted by atomic mass is 19.1. The summed E-state index contributed by atoms with van der Waals surface area (Å²) in [4.78, 5) is 25.7. The molecule has 1 fully saturated rings. The van der Waals surface area contributed by atoms with Crippen molar-refractivity contribution < 1.29 is 18.7 Å². The predicted octanol–water partition coefficient (Wildman–Crippen LogP) is 2.30. The third-order valence-corrected chi connectivity index (χ3v) is 3.59. The number of carbonyl (C=O) groups excluding carboxylic acids is 2. The summed E-state index contributed by atoms with van der Waals surface area (Å²) in [6.07, 6.45) is 2.23. The summed E-state index contributed by atoms with van der Waals surface area (Å²) in [5.74, 6) is -1.44. The van der Waals surface area contributed by atoms with Gasteiger partial charge in [0, 0.05) is 6.54 Å². The maximum atomic E-state index is 13.8. The van der Waals surface area contributed by atoms with E-state index in [4.69, 9.17) is 4.74 Å². The van der Waals surface area contributed by atoms with Crippen LogP contribution < -0.4 is 0 Å². The fraction of sp³-hybridized carbons (Fsp3) is 0.467. The summed E-state index contributed by atoms with van der Waals surface area (Å²) < 4.78 is 18.6. The molecule has 4 nitrogen and oxygen atoms in total. The number of ether oxygens (including phenoxy) is 1. The Morgan fingerprint density at radius 2 is 2.10 bits per heavy atom. The van der Waals surface area contributed by atoms with Crippen LogP contribution in [0.25, 0.3) is 0 Å². The molecule has 0 bridgehead atoms. The number of hydrogen-bond donors (Lipinski definition) is 0. The van der Waals surface area contributed by atoms with Crippen molar-refractivity contribution in [3.63, 3.8) is 0 Å². The number of amides is 1. The van der Waals surface area contributed by atoms with Gasteiger partial charge in [-0.05, 0) is 38.3 Å². The van der Waals surface area contributed by atoms with Gasteiger partial charge in [-0.3, -0.25) is 4.79 Å². The Kier molecular flexibility index (Phi) is 4.37. The number of hydrogen-bond acceptors (Lipinski definition) is 3. The van der Waals surface area contributed by atoms with Crippen LogP contribution in [0.15, 0.2) is 18.2 Å². The van der Waals surface area contributed by atoms with Crippen molar-refractivity contribution in [1.82, 2.24) is 4.90 Å². The number of esters is 1. The van der Waals surface area contributed by atoms with E-state index < -0.39 is 23.7 Å². The zero-order valence-corrected chi connectivity index (χ0v) is 11.7. The zero-order valence-electron chi connectivity index (χ0n) is 11.7. The van der Waals surface area contributed by atoms with Gasteiger partial charge < -0.3 is 9.64 Å². The number of methoxy groups -OCH3 is 1. The molecule has 0 aromatic heterocycles. The third kappa shape index (κ3) is 2.81. The summed E-state index contributed by atoms with van der Waals surface area (Å²) >= 11 is 0. The third-order valence-electron chi connectivity index (χ3n) is 3.59. The van der Waals surface area contributed by atoms with Crippen molar-refractivity contribution in [2.24, 2.45) is 0 Å². The van der Waals surface area contributed by atoms with E-state index in [0.29, 0.717) is 13.0 Å². The molecule has 1 heterocycles. The van der Waals surface area contributed by atoms with E-state index in [-0.39, 0.29) is 5.56 Å². The number of rotatable bonds is 2. The number of halogens is 1. The topological polar surface area (TPSA) is 46.6 Å². The van der Waals surface area contributed by atoms with Crippen LogP contribution in [0.1, 0.15) is 35.2 Å². The molecule has 1 aromatic carbocycles.